The number of aromatic amines is 1. The number of imidazole rings is 1. The van der Waals surface area contributed by atoms with E-state index in [-0.39, 0.29) is 5.91 Å². The minimum Gasteiger partial charge on any atom is -0.453 e. The van der Waals surface area contributed by atoms with Gasteiger partial charge in [-0.1, -0.05) is 35.3 Å². The summed E-state index contributed by atoms with van der Waals surface area (Å²) in [7, 11) is 1.29. The number of tetrazole rings is 1. The fourth-order valence-electron chi connectivity index (χ4n) is 4.27. The number of rotatable bonds is 10. The molecule has 0 aliphatic carbocycles. The second-order valence-electron chi connectivity index (χ2n) is 9.24. The lowest BCUT2D eigenvalue weighted by Crippen LogP contribution is -2.29. The van der Waals surface area contributed by atoms with E-state index in [4.69, 9.17) is 28.2 Å². The predicted molar refractivity (Wildman–Crippen MR) is 161 cm³/mol. The van der Waals surface area contributed by atoms with Gasteiger partial charge in [-0.05, 0) is 59.3 Å². The van der Waals surface area contributed by atoms with Gasteiger partial charge in [0.05, 0.1) is 25.0 Å². The van der Waals surface area contributed by atoms with E-state index in [1.807, 2.05) is 13.1 Å². The van der Waals surface area contributed by atoms with Crippen molar-refractivity contribution < 1.29 is 14.3 Å². The summed E-state index contributed by atoms with van der Waals surface area (Å²) in [4.78, 5) is 32.6. The highest BCUT2D eigenvalue weighted by atomic mass is 35.5. The van der Waals surface area contributed by atoms with Gasteiger partial charge in [0, 0.05) is 47.1 Å². The normalized spacial score (nSPS) is 11.9. The molecule has 1 atom stereocenters. The van der Waals surface area contributed by atoms with E-state index in [2.05, 4.69) is 41.0 Å². The number of nitrogens with zero attached hydrogens (tertiary/aromatic N) is 7. The van der Waals surface area contributed by atoms with Crippen LogP contribution >= 0.6 is 23.2 Å². The van der Waals surface area contributed by atoms with Gasteiger partial charge < -0.3 is 15.0 Å². The van der Waals surface area contributed by atoms with Crippen molar-refractivity contribution in [3.8, 4) is 16.9 Å². The molecule has 5 rings (SSSR count). The number of carbonyl (C=O) groups excluding carboxylic acids is 2. The molecule has 2 aromatic carbocycles. The van der Waals surface area contributed by atoms with Gasteiger partial charge in [-0.25, -0.2) is 9.78 Å². The van der Waals surface area contributed by atoms with E-state index >= 15 is 0 Å². The Bertz CT molecular complexity index is 1750. The predicted octanol–water partition coefficient (Wildman–Crippen LogP) is 4.87. The van der Waals surface area contributed by atoms with Crippen LogP contribution < -0.4 is 10.6 Å². The molecule has 220 valence electrons. The first-order valence-corrected chi connectivity index (χ1v) is 13.8. The molecular weight excluding hydrogens is 595 g/mol. The first kappa shape index (κ1) is 29.5. The number of benzene rings is 2. The molecule has 0 bridgehead atoms. The molecule has 0 saturated heterocycles. The molecule has 3 heterocycles. The number of halogens is 2. The Labute approximate surface area is 255 Å². The molecule has 3 N–H and O–H groups in total. The van der Waals surface area contributed by atoms with Crippen molar-refractivity contribution in [3.05, 3.63) is 94.4 Å². The number of H-pyrrole nitrogens is 1. The van der Waals surface area contributed by atoms with Gasteiger partial charge in [0.1, 0.15) is 23.0 Å². The smallest absolute Gasteiger partial charge is 0.411 e. The average molecular weight is 621 g/mol. The number of ether oxygens (including phenoxy) is 1. The molecule has 0 fully saturated rings. The lowest BCUT2D eigenvalue weighted by atomic mass is 10.1. The van der Waals surface area contributed by atoms with Crippen molar-refractivity contribution in [1.82, 2.24) is 45.3 Å². The molecule has 1 unspecified atom stereocenters. The van der Waals surface area contributed by atoms with Crippen LogP contribution in [0.25, 0.3) is 23.0 Å². The van der Waals surface area contributed by atoms with Gasteiger partial charge in [-0.2, -0.15) is 9.78 Å². The maximum absolute atomic E-state index is 13.2. The number of anilines is 1. The Balaban J connectivity index is 1.40. The highest BCUT2D eigenvalue weighted by molar-refractivity contribution is 6.32. The van der Waals surface area contributed by atoms with E-state index in [9.17, 15) is 9.59 Å². The molecule has 15 heteroatoms. The van der Waals surface area contributed by atoms with E-state index in [0.29, 0.717) is 57.2 Å². The zero-order chi connectivity index (χ0) is 30.3. The minimum absolute atomic E-state index is 0.299. The molecular formula is C28H26Cl2N10O3. The third-order valence-corrected chi connectivity index (χ3v) is 6.87. The largest absolute Gasteiger partial charge is 0.453 e. The summed E-state index contributed by atoms with van der Waals surface area (Å²) < 4.78 is 7.91. The monoisotopic (exact) mass is 620 g/mol. The Morgan fingerprint density at radius 2 is 1.98 bits per heavy atom. The van der Waals surface area contributed by atoms with Crippen LogP contribution in [-0.2, 0) is 22.5 Å². The lowest BCUT2D eigenvalue weighted by Gasteiger charge is -2.15. The molecule has 13 nitrogen and oxygen atoms in total. The maximum Gasteiger partial charge on any atom is 0.411 e. The van der Waals surface area contributed by atoms with Crippen molar-refractivity contribution >= 4 is 47.0 Å². The maximum atomic E-state index is 13.2. The first-order valence-electron chi connectivity index (χ1n) is 13.1. The highest BCUT2D eigenvalue weighted by Gasteiger charge is 2.22. The highest BCUT2D eigenvalue weighted by Crippen LogP contribution is 2.29. The van der Waals surface area contributed by atoms with Crippen LogP contribution in [0, 0.1) is 0 Å². The summed E-state index contributed by atoms with van der Waals surface area (Å²) in [6, 6.07) is 11.6. The van der Waals surface area contributed by atoms with Crippen LogP contribution in [-0.4, -0.2) is 59.1 Å². The van der Waals surface area contributed by atoms with E-state index in [0.717, 1.165) is 5.56 Å². The Hall–Kier alpha value is -5.01. The molecule has 3 aromatic heterocycles. The van der Waals surface area contributed by atoms with Gasteiger partial charge in [-0.15, -0.1) is 5.10 Å². The minimum atomic E-state index is -0.575. The van der Waals surface area contributed by atoms with Crippen molar-refractivity contribution in [1.29, 1.82) is 0 Å². The molecule has 0 spiro atoms. The van der Waals surface area contributed by atoms with Crippen molar-refractivity contribution in [2.24, 2.45) is 0 Å². The fraction of sp³-hybridized carbons (Fsp3) is 0.179. The number of aryl methyl sites for hydroxylation is 1. The van der Waals surface area contributed by atoms with Gasteiger partial charge in [-0.3, -0.25) is 14.8 Å². The molecule has 43 heavy (non-hydrogen) atoms. The average Bonchev–Trinajstić information content (AvgIpc) is 3.78. The number of hydrogen-bond donors (Lipinski definition) is 3. The van der Waals surface area contributed by atoms with E-state index in [1.165, 1.54) is 24.2 Å². The van der Waals surface area contributed by atoms with E-state index < -0.39 is 12.1 Å². The summed E-state index contributed by atoms with van der Waals surface area (Å²) in [5.74, 6) is 0.0859. The Kier molecular flexibility index (Phi) is 9.13. The number of aromatic nitrogens is 8. The number of methoxy groups -OCH3 is 1. The molecule has 2 amide bonds. The van der Waals surface area contributed by atoms with Gasteiger partial charge >= 0.3 is 6.09 Å². The van der Waals surface area contributed by atoms with E-state index in [1.54, 1.807) is 59.4 Å². The first-order chi connectivity index (χ1) is 20.8. The SMILES string of the molecule is CCn1cc(CC(NC(=O)C=Cc2cc(Cl)ccc2-n2cnnn2)c2nc(-c3ccc(NC(=O)OC)cc3)c(Cl)[nH]2)cn1. The van der Waals surface area contributed by atoms with Crippen LogP contribution in [0.3, 0.4) is 0 Å². The van der Waals surface area contributed by atoms with Crippen molar-refractivity contribution in [2.75, 3.05) is 12.4 Å². The topological polar surface area (TPSA) is 158 Å². The second-order valence-corrected chi connectivity index (χ2v) is 10.1. The summed E-state index contributed by atoms with van der Waals surface area (Å²) in [6.07, 6.45) is 7.98. The number of carbonyl (C=O) groups is 2. The zero-order valence-electron chi connectivity index (χ0n) is 23.0. The van der Waals surface area contributed by atoms with Crippen LogP contribution in [0.2, 0.25) is 10.2 Å². The molecule has 0 radical (unpaired) electrons. The molecule has 5 aromatic rings. The number of hydrogen-bond acceptors (Lipinski definition) is 8. The standard InChI is InChI=1S/C28H26Cl2N10O3/c1-3-39-15-17(14-32-39)12-22(27-35-25(26(30)36-27)18-4-8-21(9-5-18)33-28(42)43-2)34-24(41)11-6-19-13-20(29)7-10-23(19)40-16-31-37-38-40/h4-11,13-16,22H,3,12H2,1-2H3,(H,33,42)(H,34,41)(H,35,36). The van der Waals surface area contributed by atoms with Crippen LogP contribution in [0.1, 0.15) is 29.9 Å². The van der Waals surface area contributed by atoms with Gasteiger partial charge in [0.15, 0.2) is 0 Å². The second kappa shape index (κ2) is 13.3. The zero-order valence-corrected chi connectivity index (χ0v) is 24.5. The Morgan fingerprint density at radius 1 is 1.16 bits per heavy atom. The molecule has 0 aliphatic rings. The third kappa shape index (κ3) is 7.26. The fourth-order valence-corrected chi connectivity index (χ4v) is 4.70. The summed E-state index contributed by atoms with van der Waals surface area (Å²) in [6.45, 7) is 2.70. The summed E-state index contributed by atoms with van der Waals surface area (Å²) >= 11 is 12.8. The van der Waals surface area contributed by atoms with Gasteiger partial charge in [0.25, 0.3) is 0 Å². The van der Waals surface area contributed by atoms with Crippen LogP contribution in [0.4, 0.5) is 10.5 Å². The van der Waals surface area contributed by atoms with Crippen molar-refractivity contribution in [3.63, 3.8) is 0 Å². The van der Waals surface area contributed by atoms with Crippen LogP contribution in [0.15, 0.2) is 67.3 Å². The Morgan fingerprint density at radius 3 is 2.67 bits per heavy atom. The number of amides is 2. The summed E-state index contributed by atoms with van der Waals surface area (Å²) in [5, 5.41) is 22.0. The van der Waals surface area contributed by atoms with Gasteiger partial charge in [0.2, 0.25) is 5.91 Å². The quantitative estimate of drug-likeness (QED) is 0.187. The molecule has 0 saturated carbocycles. The van der Waals surface area contributed by atoms with Crippen LogP contribution in [0.5, 0.6) is 0 Å². The molecule has 0 aliphatic heterocycles. The summed E-state index contributed by atoms with van der Waals surface area (Å²) in [5.41, 5.74) is 3.95. The third-order valence-electron chi connectivity index (χ3n) is 6.36. The van der Waals surface area contributed by atoms with Crippen molar-refractivity contribution in [2.45, 2.75) is 25.9 Å². The number of nitrogens with one attached hydrogen (secondary N) is 3. The lowest BCUT2D eigenvalue weighted by molar-refractivity contribution is -0.117.